The number of hydrogen-bond donors (Lipinski definition) is 1. The largest absolute Gasteiger partial charge is 0.399 e. The van der Waals surface area contributed by atoms with Crippen LogP contribution in [0.4, 0.5) is 11.4 Å². The molecule has 0 saturated carbocycles. The fraction of sp³-hybridized carbons (Fsp3) is 0.0667. The number of benzene rings is 2. The van der Waals surface area contributed by atoms with Crippen molar-refractivity contribution in [2.24, 2.45) is 0 Å². The average molecular weight is 252 g/mol. The van der Waals surface area contributed by atoms with Gasteiger partial charge in [-0.05, 0) is 29.8 Å². The van der Waals surface area contributed by atoms with Gasteiger partial charge in [-0.1, -0.05) is 24.3 Å². The van der Waals surface area contributed by atoms with Gasteiger partial charge in [0.25, 0.3) is 5.91 Å². The number of carbonyl (C=O) groups excluding carboxylic acids is 2. The van der Waals surface area contributed by atoms with E-state index in [1.54, 1.807) is 36.4 Å². The van der Waals surface area contributed by atoms with E-state index in [0.717, 1.165) is 5.56 Å². The van der Waals surface area contributed by atoms with E-state index in [1.165, 1.54) is 4.90 Å². The monoisotopic (exact) mass is 252 g/mol. The van der Waals surface area contributed by atoms with E-state index in [2.05, 4.69) is 0 Å². The van der Waals surface area contributed by atoms with Crippen LogP contribution in [0.25, 0.3) is 0 Å². The Hall–Kier alpha value is -2.62. The molecular weight excluding hydrogens is 240 g/mol. The number of nitrogens with two attached hydrogens (primary N) is 1. The van der Waals surface area contributed by atoms with Gasteiger partial charge in [-0.2, -0.15) is 0 Å². The maximum Gasteiger partial charge on any atom is 0.265 e. The summed E-state index contributed by atoms with van der Waals surface area (Å²) in [5, 5.41) is 0. The smallest absolute Gasteiger partial charge is 0.265 e. The lowest BCUT2D eigenvalue weighted by molar-refractivity contribution is -0.117. The van der Waals surface area contributed by atoms with Gasteiger partial charge < -0.3 is 5.73 Å². The third-order valence-electron chi connectivity index (χ3n) is 3.17. The Balaban J connectivity index is 2.09. The van der Waals surface area contributed by atoms with Crippen molar-refractivity contribution in [3.63, 3.8) is 0 Å². The molecule has 4 nitrogen and oxygen atoms in total. The highest BCUT2D eigenvalue weighted by Gasteiger charge is 2.31. The van der Waals surface area contributed by atoms with Gasteiger partial charge in [-0.15, -0.1) is 0 Å². The van der Waals surface area contributed by atoms with Crippen LogP contribution in [0.5, 0.6) is 0 Å². The van der Waals surface area contributed by atoms with E-state index in [9.17, 15) is 9.59 Å². The molecule has 1 heterocycles. The summed E-state index contributed by atoms with van der Waals surface area (Å²) in [5.41, 5.74) is 8.09. The third-order valence-corrected chi connectivity index (χ3v) is 3.17. The van der Waals surface area contributed by atoms with Crippen LogP contribution < -0.4 is 10.6 Å². The molecule has 3 rings (SSSR count). The molecule has 0 unspecified atom stereocenters. The third kappa shape index (κ3) is 1.87. The maximum atomic E-state index is 12.4. The molecule has 0 fully saturated rings. The fourth-order valence-electron chi connectivity index (χ4n) is 2.28. The number of carbonyl (C=O) groups is 2. The summed E-state index contributed by atoms with van der Waals surface area (Å²) in [4.78, 5) is 25.7. The van der Waals surface area contributed by atoms with E-state index in [4.69, 9.17) is 5.73 Å². The van der Waals surface area contributed by atoms with E-state index < -0.39 is 0 Å². The van der Waals surface area contributed by atoms with Gasteiger partial charge >= 0.3 is 0 Å². The summed E-state index contributed by atoms with van der Waals surface area (Å²) < 4.78 is 0. The van der Waals surface area contributed by atoms with Crippen LogP contribution in [0.3, 0.4) is 0 Å². The zero-order valence-electron chi connectivity index (χ0n) is 10.2. The molecule has 2 amide bonds. The van der Waals surface area contributed by atoms with Gasteiger partial charge in [0.15, 0.2) is 0 Å². The molecule has 2 aromatic rings. The highest BCUT2D eigenvalue weighted by Crippen LogP contribution is 2.26. The van der Waals surface area contributed by atoms with Crippen LogP contribution in [0.1, 0.15) is 15.9 Å². The van der Waals surface area contributed by atoms with E-state index in [-0.39, 0.29) is 18.2 Å². The highest BCUT2D eigenvalue weighted by molar-refractivity contribution is 6.24. The minimum atomic E-state index is -0.294. The number of rotatable bonds is 1. The average Bonchev–Trinajstić information content (AvgIpc) is 2.39. The Labute approximate surface area is 110 Å². The lowest BCUT2D eigenvalue weighted by Crippen LogP contribution is -2.42. The molecule has 1 aliphatic rings. The van der Waals surface area contributed by atoms with Gasteiger partial charge in [-0.25, -0.2) is 4.90 Å². The number of amides is 2. The van der Waals surface area contributed by atoms with Crippen molar-refractivity contribution in [3.8, 4) is 0 Å². The predicted molar refractivity (Wildman–Crippen MR) is 72.8 cm³/mol. The molecule has 0 spiro atoms. The first-order chi connectivity index (χ1) is 9.16. The lowest BCUT2D eigenvalue weighted by Gasteiger charge is -2.26. The second-order valence-corrected chi connectivity index (χ2v) is 4.46. The van der Waals surface area contributed by atoms with Crippen molar-refractivity contribution in [1.29, 1.82) is 0 Å². The minimum Gasteiger partial charge on any atom is -0.399 e. The van der Waals surface area contributed by atoms with Crippen LogP contribution in [0, 0.1) is 0 Å². The second-order valence-electron chi connectivity index (χ2n) is 4.46. The Morgan fingerprint density at radius 1 is 1.00 bits per heavy atom. The van der Waals surface area contributed by atoms with E-state index in [1.807, 2.05) is 12.1 Å². The first-order valence-corrected chi connectivity index (χ1v) is 5.97. The summed E-state index contributed by atoms with van der Waals surface area (Å²) in [6, 6.07) is 14.0. The van der Waals surface area contributed by atoms with Crippen LogP contribution in [-0.4, -0.2) is 11.8 Å². The molecule has 2 N–H and O–H groups in total. The molecule has 19 heavy (non-hydrogen) atoms. The topological polar surface area (TPSA) is 63.4 Å². The summed E-state index contributed by atoms with van der Waals surface area (Å²) in [6.07, 6.45) is 0.233. The zero-order valence-corrected chi connectivity index (χ0v) is 10.2. The number of anilines is 2. The van der Waals surface area contributed by atoms with Crippen LogP contribution in [-0.2, 0) is 11.2 Å². The first kappa shape index (κ1) is 11.5. The number of fused-ring (bicyclic) bond motifs is 1. The van der Waals surface area contributed by atoms with Crippen molar-refractivity contribution in [3.05, 3.63) is 59.7 Å². The summed E-state index contributed by atoms with van der Waals surface area (Å²) in [7, 11) is 0. The van der Waals surface area contributed by atoms with Crippen LogP contribution in [0.15, 0.2) is 48.5 Å². The number of hydrogen-bond acceptors (Lipinski definition) is 3. The molecule has 0 saturated heterocycles. The molecule has 94 valence electrons. The van der Waals surface area contributed by atoms with Crippen molar-refractivity contribution in [1.82, 2.24) is 0 Å². The van der Waals surface area contributed by atoms with Crippen molar-refractivity contribution in [2.75, 3.05) is 10.6 Å². The molecule has 0 atom stereocenters. The molecule has 0 aliphatic carbocycles. The Bertz CT molecular complexity index is 679. The first-order valence-electron chi connectivity index (χ1n) is 5.97. The number of nitrogen functional groups attached to an aromatic ring is 1. The number of nitrogens with zero attached hydrogens (tertiary/aromatic N) is 1. The van der Waals surface area contributed by atoms with Crippen molar-refractivity contribution in [2.45, 2.75) is 6.42 Å². The van der Waals surface area contributed by atoms with Gasteiger partial charge in [0, 0.05) is 11.3 Å². The van der Waals surface area contributed by atoms with Crippen LogP contribution >= 0.6 is 0 Å². The molecule has 1 aliphatic heterocycles. The van der Waals surface area contributed by atoms with E-state index >= 15 is 0 Å². The van der Waals surface area contributed by atoms with Gasteiger partial charge in [-0.3, -0.25) is 9.59 Å². The summed E-state index contributed by atoms with van der Waals surface area (Å²) >= 11 is 0. The molecule has 0 aromatic heterocycles. The highest BCUT2D eigenvalue weighted by atomic mass is 16.2. The molecule has 0 radical (unpaired) electrons. The molecular formula is C15H12N2O2. The van der Waals surface area contributed by atoms with Gasteiger partial charge in [0.2, 0.25) is 5.91 Å². The normalized spacial score (nSPS) is 14.4. The number of imide groups is 1. The maximum absolute atomic E-state index is 12.4. The SMILES string of the molecule is Nc1cccc(N2C(=O)Cc3ccccc3C2=O)c1. The van der Waals surface area contributed by atoms with Crippen LogP contribution in [0.2, 0.25) is 0 Å². The lowest BCUT2D eigenvalue weighted by atomic mass is 9.98. The minimum absolute atomic E-state index is 0.227. The van der Waals surface area contributed by atoms with Gasteiger partial charge in [0.05, 0.1) is 12.1 Å². The second kappa shape index (κ2) is 4.24. The molecule has 0 bridgehead atoms. The quantitative estimate of drug-likeness (QED) is 0.623. The van der Waals surface area contributed by atoms with Crippen molar-refractivity contribution < 1.29 is 9.59 Å². The molecule has 4 heteroatoms. The fourth-order valence-corrected chi connectivity index (χ4v) is 2.28. The van der Waals surface area contributed by atoms with Crippen molar-refractivity contribution >= 4 is 23.2 Å². The Morgan fingerprint density at radius 2 is 1.79 bits per heavy atom. The zero-order chi connectivity index (χ0) is 13.4. The summed E-state index contributed by atoms with van der Waals surface area (Å²) in [6.45, 7) is 0. The Morgan fingerprint density at radius 3 is 2.58 bits per heavy atom. The Kier molecular flexibility index (Phi) is 2.56. The predicted octanol–water partition coefficient (Wildman–Crippen LogP) is 2.00. The molecule has 2 aromatic carbocycles. The van der Waals surface area contributed by atoms with E-state index in [0.29, 0.717) is 16.9 Å². The summed E-state index contributed by atoms with van der Waals surface area (Å²) in [5.74, 6) is -0.522. The standard InChI is InChI=1S/C15H12N2O2/c16-11-5-3-6-12(9-11)17-14(18)8-10-4-1-2-7-13(10)15(17)19/h1-7,9H,8,16H2. The van der Waals surface area contributed by atoms with Gasteiger partial charge in [0.1, 0.15) is 0 Å².